The number of nitrogens with two attached hydrogens (primary N) is 1. The Hall–Kier alpha value is -1.13. The lowest BCUT2D eigenvalue weighted by atomic mass is 9.82. The van der Waals surface area contributed by atoms with Crippen molar-refractivity contribution in [3.63, 3.8) is 0 Å². The molecular formula is C15H24FNO2. The smallest absolute Gasteiger partial charge is 0.165 e. The van der Waals surface area contributed by atoms with Gasteiger partial charge in [0.05, 0.1) is 19.3 Å². The Morgan fingerprint density at radius 2 is 1.95 bits per heavy atom. The predicted molar refractivity (Wildman–Crippen MR) is 74.7 cm³/mol. The van der Waals surface area contributed by atoms with Crippen LogP contribution in [0.15, 0.2) is 18.2 Å². The molecule has 0 heterocycles. The Labute approximate surface area is 114 Å². The maximum Gasteiger partial charge on any atom is 0.165 e. The molecule has 0 saturated heterocycles. The van der Waals surface area contributed by atoms with E-state index in [9.17, 15) is 4.39 Å². The zero-order valence-corrected chi connectivity index (χ0v) is 12.4. The second-order valence-electron chi connectivity index (χ2n) is 5.66. The van der Waals surface area contributed by atoms with Crippen LogP contribution in [0.3, 0.4) is 0 Å². The van der Waals surface area contributed by atoms with Crippen molar-refractivity contribution in [2.45, 2.75) is 39.8 Å². The minimum atomic E-state index is -0.403. The van der Waals surface area contributed by atoms with Crippen LogP contribution >= 0.6 is 0 Å². The van der Waals surface area contributed by atoms with Crippen LogP contribution in [-0.2, 0) is 4.74 Å². The molecule has 0 aromatic heterocycles. The predicted octanol–water partition coefficient (Wildman–Crippen LogP) is 3.29. The summed E-state index contributed by atoms with van der Waals surface area (Å²) in [6, 6.07) is 4.42. The van der Waals surface area contributed by atoms with Crippen LogP contribution in [0.5, 0.6) is 5.75 Å². The SMILES string of the molecule is CCOC(C(N)c1ccc(OC)c(F)c1)C(C)(C)C. The Balaban J connectivity index is 3.03. The van der Waals surface area contributed by atoms with Crippen molar-refractivity contribution in [3.05, 3.63) is 29.6 Å². The molecule has 108 valence electrons. The molecule has 2 atom stereocenters. The number of hydrogen-bond acceptors (Lipinski definition) is 3. The Morgan fingerprint density at radius 3 is 2.37 bits per heavy atom. The number of benzene rings is 1. The van der Waals surface area contributed by atoms with E-state index in [1.807, 2.05) is 6.92 Å². The van der Waals surface area contributed by atoms with Crippen LogP contribution < -0.4 is 10.5 Å². The van der Waals surface area contributed by atoms with Gasteiger partial charge in [0, 0.05) is 6.61 Å². The molecule has 4 heteroatoms. The normalized spacial score (nSPS) is 15.1. The minimum absolute atomic E-state index is 0.119. The summed E-state index contributed by atoms with van der Waals surface area (Å²) in [6.07, 6.45) is -0.176. The molecule has 1 aromatic carbocycles. The van der Waals surface area contributed by atoms with E-state index < -0.39 is 5.82 Å². The van der Waals surface area contributed by atoms with Crippen LogP contribution in [0.4, 0.5) is 4.39 Å². The summed E-state index contributed by atoms with van der Waals surface area (Å²) in [5, 5.41) is 0. The van der Waals surface area contributed by atoms with Crippen molar-refractivity contribution in [2.75, 3.05) is 13.7 Å². The lowest BCUT2D eigenvalue weighted by Crippen LogP contribution is -2.39. The topological polar surface area (TPSA) is 44.5 Å². The van der Waals surface area contributed by atoms with Crippen LogP contribution in [-0.4, -0.2) is 19.8 Å². The molecule has 0 amide bonds. The largest absolute Gasteiger partial charge is 0.494 e. The fraction of sp³-hybridized carbons (Fsp3) is 0.600. The van der Waals surface area contributed by atoms with E-state index in [0.717, 1.165) is 0 Å². The summed E-state index contributed by atoms with van der Waals surface area (Å²) in [5.41, 5.74) is 6.83. The van der Waals surface area contributed by atoms with Crippen molar-refractivity contribution < 1.29 is 13.9 Å². The maximum absolute atomic E-state index is 13.7. The quantitative estimate of drug-likeness (QED) is 0.892. The van der Waals surface area contributed by atoms with E-state index in [-0.39, 0.29) is 23.3 Å². The first-order chi connectivity index (χ1) is 8.81. The van der Waals surface area contributed by atoms with Crippen LogP contribution in [0.2, 0.25) is 0 Å². The van der Waals surface area contributed by atoms with Gasteiger partial charge in [-0.05, 0) is 30.0 Å². The molecule has 2 unspecified atom stereocenters. The number of hydrogen-bond donors (Lipinski definition) is 1. The van der Waals surface area contributed by atoms with Gasteiger partial charge in [0.25, 0.3) is 0 Å². The van der Waals surface area contributed by atoms with E-state index in [0.29, 0.717) is 12.2 Å². The molecule has 0 radical (unpaired) electrons. The second kappa shape index (κ2) is 6.35. The number of rotatable bonds is 5. The fourth-order valence-corrected chi connectivity index (χ4v) is 2.14. The van der Waals surface area contributed by atoms with Crippen molar-refractivity contribution in [1.82, 2.24) is 0 Å². The molecule has 3 nitrogen and oxygen atoms in total. The Morgan fingerprint density at radius 1 is 1.32 bits per heavy atom. The standard InChI is InChI=1S/C15H24FNO2/c1-6-19-14(15(2,3)4)13(17)10-7-8-12(18-5)11(16)9-10/h7-9,13-14H,6,17H2,1-5H3. The molecular weight excluding hydrogens is 245 g/mol. The van der Waals surface area contributed by atoms with Gasteiger partial charge >= 0.3 is 0 Å². The van der Waals surface area contributed by atoms with Gasteiger partial charge in [0.15, 0.2) is 11.6 Å². The molecule has 2 N–H and O–H groups in total. The zero-order valence-electron chi connectivity index (χ0n) is 12.4. The summed E-state index contributed by atoms with van der Waals surface area (Å²) in [6.45, 7) is 8.70. The molecule has 0 spiro atoms. The Kier molecular flexibility index (Phi) is 5.32. The monoisotopic (exact) mass is 269 g/mol. The second-order valence-corrected chi connectivity index (χ2v) is 5.66. The fourth-order valence-electron chi connectivity index (χ4n) is 2.14. The zero-order chi connectivity index (χ0) is 14.6. The van der Waals surface area contributed by atoms with Gasteiger partial charge in [-0.1, -0.05) is 26.8 Å². The van der Waals surface area contributed by atoms with Gasteiger partial charge < -0.3 is 15.2 Å². The lowest BCUT2D eigenvalue weighted by Gasteiger charge is -2.35. The molecule has 0 fully saturated rings. The van der Waals surface area contributed by atoms with Crippen molar-refractivity contribution in [1.29, 1.82) is 0 Å². The third-order valence-corrected chi connectivity index (χ3v) is 3.09. The molecule has 0 saturated carbocycles. The van der Waals surface area contributed by atoms with Gasteiger partial charge in [-0.3, -0.25) is 0 Å². The summed E-state index contributed by atoms with van der Waals surface area (Å²) in [7, 11) is 1.44. The first-order valence-corrected chi connectivity index (χ1v) is 6.51. The highest BCUT2D eigenvalue weighted by atomic mass is 19.1. The molecule has 0 aliphatic rings. The van der Waals surface area contributed by atoms with E-state index in [4.69, 9.17) is 15.2 Å². The number of methoxy groups -OCH3 is 1. The lowest BCUT2D eigenvalue weighted by molar-refractivity contribution is -0.0283. The number of ether oxygens (including phenoxy) is 2. The molecule has 19 heavy (non-hydrogen) atoms. The van der Waals surface area contributed by atoms with E-state index in [2.05, 4.69) is 20.8 Å². The third kappa shape index (κ3) is 3.91. The summed E-state index contributed by atoms with van der Waals surface area (Å²) in [4.78, 5) is 0. The van der Waals surface area contributed by atoms with Gasteiger partial charge in [-0.15, -0.1) is 0 Å². The van der Waals surface area contributed by atoms with Gasteiger partial charge in [0.1, 0.15) is 0 Å². The first-order valence-electron chi connectivity index (χ1n) is 6.51. The first kappa shape index (κ1) is 15.9. The van der Waals surface area contributed by atoms with Gasteiger partial charge in [0.2, 0.25) is 0 Å². The molecule has 0 bridgehead atoms. The average molecular weight is 269 g/mol. The molecule has 1 rings (SSSR count). The molecule has 0 aliphatic carbocycles. The van der Waals surface area contributed by atoms with E-state index in [1.165, 1.54) is 13.2 Å². The van der Waals surface area contributed by atoms with E-state index in [1.54, 1.807) is 12.1 Å². The number of halogens is 1. The van der Waals surface area contributed by atoms with Crippen molar-refractivity contribution in [3.8, 4) is 5.75 Å². The highest BCUT2D eigenvalue weighted by Crippen LogP contribution is 2.32. The van der Waals surface area contributed by atoms with Crippen molar-refractivity contribution in [2.24, 2.45) is 11.1 Å². The highest BCUT2D eigenvalue weighted by molar-refractivity contribution is 5.31. The summed E-state index contributed by atoms with van der Waals surface area (Å²) >= 11 is 0. The summed E-state index contributed by atoms with van der Waals surface area (Å²) in [5.74, 6) is -0.181. The highest BCUT2D eigenvalue weighted by Gasteiger charge is 2.32. The van der Waals surface area contributed by atoms with E-state index >= 15 is 0 Å². The van der Waals surface area contributed by atoms with Crippen molar-refractivity contribution >= 4 is 0 Å². The van der Waals surface area contributed by atoms with Gasteiger partial charge in [-0.2, -0.15) is 0 Å². The maximum atomic E-state index is 13.7. The minimum Gasteiger partial charge on any atom is -0.494 e. The van der Waals surface area contributed by atoms with Crippen LogP contribution in [0.1, 0.15) is 39.3 Å². The van der Waals surface area contributed by atoms with Crippen LogP contribution in [0, 0.1) is 11.2 Å². The summed E-state index contributed by atoms with van der Waals surface area (Å²) < 4.78 is 24.4. The molecule has 0 aliphatic heterocycles. The Bertz CT molecular complexity index is 415. The van der Waals surface area contributed by atoms with Gasteiger partial charge in [-0.25, -0.2) is 4.39 Å². The average Bonchev–Trinajstić information content (AvgIpc) is 2.33. The molecule has 1 aromatic rings. The van der Waals surface area contributed by atoms with Crippen LogP contribution in [0.25, 0.3) is 0 Å². The third-order valence-electron chi connectivity index (χ3n) is 3.09.